The Morgan fingerprint density at radius 1 is 0.767 bits per heavy atom. The molecule has 0 bridgehead atoms. The van der Waals surface area contributed by atoms with E-state index < -0.39 is 17.5 Å². The van der Waals surface area contributed by atoms with Crippen molar-refractivity contribution in [2.75, 3.05) is 21.3 Å². The number of nitrogens with zero attached hydrogens (tertiary/aromatic N) is 1. The van der Waals surface area contributed by atoms with Crippen LogP contribution in [0.3, 0.4) is 0 Å². The van der Waals surface area contributed by atoms with Crippen molar-refractivity contribution in [1.29, 1.82) is 0 Å². The third-order valence-corrected chi connectivity index (χ3v) is 4.67. The third-order valence-electron chi connectivity index (χ3n) is 4.67. The van der Waals surface area contributed by atoms with E-state index in [1.54, 1.807) is 30.3 Å². The zero-order valence-corrected chi connectivity index (χ0v) is 16.3. The summed E-state index contributed by atoms with van der Waals surface area (Å²) in [6.07, 6.45) is 0. The fourth-order valence-electron chi connectivity index (χ4n) is 3.23. The van der Waals surface area contributed by atoms with E-state index >= 15 is 0 Å². The molecule has 5 nitrogen and oxygen atoms in total. The number of aromatic nitrogens is 1. The number of hydrogen-bond donors (Lipinski definition) is 0. The van der Waals surface area contributed by atoms with Crippen molar-refractivity contribution in [2.45, 2.75) is 0 Å². The number of benzene rings is 3. The smallest absolute Gasteiger partial charge is 0.230 e. The van der Waals surface area contributed by atoms with Gasteiger partial charge in [-0.25, -0.2) is 18.2 Å². The van der Waals surface area contributed by atoms with E-state index in [1.807, 2.05) is 0 Å². The van der Waals surface area contributed by atoms with Crippen molar-refractivity contribution in [3.8, 4) is 39.8 Å². The molecule has 0 saturated heterocycles. The van der Waals surface area contributed by atoms with Gasteiger partial charge in [-0.2, -0.15) is 0 Å². The van der Waals surface area contributed by atoms with Crippen LogP contribution in [0.4, 0.5) is 13.2 Å². The molecule has 0 atom stereocenters. The standard InChI is InChI=1S/C22H16F3NO4/c1-27-16-9-6-12(20(28-2)21(16)29-3)11-4-8-15-17(10-11)30-22(26-15)13-5-7-14(23)19(25)18(13)24/h4-10H,1-3H3. The van der Waals surface area contributed by atoms with Gasteiger partial charge < -0.3 is 18.6 Å². The molecule has 1 heterocycles. The monoisotopic (exact) mass is 415 g/mol. The minimum atomic E-state index is -1.58. The van der Waals surface area contributed by atoms with Crippen LogP contribution in [0.25, 0.3) is 33.7 Å². The molecule has 154 valence electrons. The first-order valence-corrected chi connectivity index (χ1v) is 8.82. The van der Waals surface area contributed by atoms with Crippen LogP contribution in [-0.4, -0.2) is 26.3 Å². The summed E-state index contributed by atoms with van der Waals surface area (Å²) in [6.45, 7) is 0. The summed E-state index contributed by atoms with van der Waals surface area (Å²) in [5.74, 6) is -2.97. The van der Waals surface area contributed by atoms with Gasteiger partial charge in [-0.05, 0) is 42.0 Å². The van der Waals surface area contributed by atoms with Crippen molar-refractivity contribution in [3.05, 3.63) is 59.9 Å². The van der Waals surface area contributed by atoms with E-state index in [4.69, 9.17) is 18.6 Å². The Morgan fingerprint density at radius 3 is 2.20 bits per heavy atom. The summed E-state index contributed by atoms with van der Waals surface area (Å²) >= 11 is 0. The van der Waals surface area contributed by atoms with Crippen molar-refractivity contribution >= 4 is 11.1 Å². The van der Waals surface area contributed by atoms with Gasteiger partial charge in [0.15, 0.2) is 34.5 Å². The second-order valence-corrected chi connectivity index (χ2v) is 6.31. The molecular formula is C22H16F3NO4. The van der Waals surface area contributed by atoms with Crippen molar-refractivity contribution in [1.82, 2.24) is 4.98 Å². The van der Waals surface area contributed by atoms with Gasteiger partial charge in [-0.15, -0.1) is 0 Å². The highest BCUT2D eigenvalue weighted by molar-refractivity contribution is 5.85. The average molecular weight is 415 g/mol. The predicted molar refractivity (Wildman–Crippen MR) is 104 cm³/mol. The van der Waals surface area contributed by atoms with E-state index in [-0.39, 0.29) is 11.5 Å². The van der Waals surface area contributed by atoms with E-state index in [9.17, 15) is 13.2 Å². The maximum Gasteiger partial charge on any atom is 0.230 e. The lowest BCUT2D eigenvalue weighted by molar-refractivity contribution is 0.325. The van der Waals surface area contributed by atoms with Gasteiger partial charge in [0.1, 0.15) is 5.52 Å². The maximum atomic E-state index is 14.1. The largest absolute Gasteiger partial charge is 0.493 e. The van der Waals surface area contributed by atoms with Gasteiger partial charge >= 0.3 is 0 Å². The quantitative estimate of drug-likeness (QED) is 0.397. The molecule has 0 radical (unpaired) electrons. The highest BCUT2D eigenvalue weighted by atomic mass is 19.2. The van der Waals surface area contributed by atoms with Crippen molar-refractivity contribution in [3.63, 3.8) is 0 Å². The number of rotatable bonds is 5. The van der Waals surface area contributed by atoms with E-state index in [1.165, 1.54) is 21.3 Å². The highest BCUT2D eigenvalue weighted by Gasteiger charge is 2.21. The minimum absolute atomic E-state index is 0.155. The van der Waals surface area contributed by atoms with E-state index in [0.29, 0.717) is 39.5 Å². The molecule has 0 unspecified atom stereocenters. The van der Waals surface area contributed by atoms with Crippen molar-refractivity contribution < 1.29 is 31.8 Å². The normalized spacial score (nSPS) is 11.0. The SMILES string of the molecule is COc1ccc(-c2ccc3nc(-c4ccc(F)c(F)c4F)oc3c2)c(OC)c1OC. The number of hydrogen-bond acceptors (Lipinski definition) is 5. The van der Waals surface area contributed by atoms with Gasteiger partial charge in [-0.3, -0.25) is 0 Å². The summed E-state index contributed by atoms with van der Waals surface area (Å²) in [4.78, 5) is 4.18. The molecule has 0 spiro atoms. The van der Waals surface area contributed by atoms with Crippen LogP contribution in [0.15, 0.2) is 46.9 Å². The Kier molecular flexibility index (Phi) is 4.99. The number of fused-ring (bicyclic) bond motifs is 1. The number of ether oxygens (including phenoxy) is 3. The minimum Gasteiger partial charge on any atom is -0.493 e. The number of methoxy groups -OCH3 is 3. The molecule has 4 aromatic rings. The van der Waals surface area contributed by atoms with Gasteiger partial charge in [0.05, 0.1) is 26.9 Å². The highest BCUT2D eigenvalue weighted by Crippen LogP contribution is 2.44. The lowest BCUT2D eigenvalue weighted by atomic mass is 10.0. The van der Waals surface area contributed by atoms with Crippen LogP contribution in [0.5, 0.6) is 17.2 Å². The summed E-state index contributed by atoms with van der Waals surface area (Å²) in [5.41, 5.74) is 1.92. The van der Waals surface area contributed by atoms with E-state index in [2.05, 4.69) is 4.98 Å². The Bertz CT molecular complexity index is 1250. The first-order valence-electron chi connectivity index (χ1n) is 8.82. The molecule has 0 aliphatic heterocycles. The van der Waals surface area contributed by atoms with Gasteiger partial charge in [0.25, 0.3) is 0 Å². The van der Waals surface area contributed by atoms with Crippen LogP contribution in [-0.2, 0) is 0 Å². The molecule has 0 saturated carbocycles. The molecule has 1 aromatic heterocycles. The first kappa shape index (κ1) is 19.6. The predicted octanol–water partition coefficient (Wildman–Crippen LogP) is 5.60. The number of oxazole rings is 1. The van der Waals surface area contributed by atoms with Crippen LogP contribution in [0, 0.1) is 17.5 Å². The molecule has 0 fully saturated rings. The lowest BCUT2D eigenvalue weighted by Gasteiger charge is -2.15. The van der Waals surface area contributed by atoms with Gasteiger partial charge in [0, 0.05) is 5.56 Å². The lowest BCUT2D eigenvalue weighted by Crippen LogP contribution is -1.96. The molecule has 4 rings (SSSR count). The van der Waals surface area contributed by atoms with Crippen LogP contribution >= 0.6 is 0 Å². The zero-order valence-electron chi connectivity index (χ0n) is 16.3. The number of halogens is 3. The Hall–Kier alpha value is -3.68. The van der Waals surface area contributed by atoms with Gasteiger partial charge in [0.2, 0.25) is 11.6 Å². The average Bonchev–Trinajstić information content (AvgIpc) is 3.19. The second-order valence-electron chi connectivity index (χ2n) is 6.31. The first-order chi connectivity index (χ1) is 14.5. The molecular weight excluding hydrogens is 399 g/mol. The van der Waals surface area contributed by atoms with E-state index in [0.717, 1.165) is 12.1 Å². The maximum absolute atomic E-state index is 14.1. The molecule has 0 aliphatic carbocycles. The third kappa shape index (κ3) is 3.10. The van der Waals surface area contributed by atoms with Crippen LogP contribution < -0.4 is 14.2 Å². The molecule has 8 heteroatoms. The summed E-state index contributed by atoms with van der Waals surface area (Å²) in [6, 6.07) is 10.6. The van der Waals surface area contributed by atoms with Gasteiger partial charge in [-0.1, -0.05) is 6.07 Å². The molecule has 30 heavy (non-hydrogen) atoms. The van der Waals surface area contributed by atoms with Crippen LogP contribution in [0.1, 0.15) is 0 Å². The summed E-state index contributed by atoms with van der Waals surface area (Å²) in [7, 11) is 4.54. The molecule has 0 amide bonds. The van der Waals surface area contributed by atoms with Crippen LogP contribution in [0.2, 0.25) is 0 Å². The molecule has 0 aliphatic rings. The Labute approximate surface area is 169 Å². The second kappa shape index (κ2) is 7.62. The summed E-state index contributed by atoms with van der Waals surface area (Å²) < 4.78 is 62.8. The fraction of sp³-hybridized carbons (Fsp3) is 0.136. The molecule has 3 aromatic carbocycles. The topological polar surface area (TPSA) is 53.7 Å². The van der Waals surface area contributed by atoms with Crippen molar-refractivity contribution in [2.24, 2.45) is 0 Å². The Balaban J connectivity index is 1.84. The fourth-order valence-corrected chi connectivity index (χ4v) is 3.23. The summed E-state index contributed by atoms with van der Waals surface area (Å²) in [5, 5.41) is 0. The Morgan fingerprint density at radius 2 is 1.50 bits per heavy atom. The zero-order chi connectivity index (χ0) is 21.4. The molecule has 0 N–H and O–H groups in total.